The van der Waals surface area contributed by atoms with E-state index in [0.29, 0.717) is 0 Å². The summed E-state index contributed by atoms with van der Waals surface area (Å²) in [5.74, 6) is -3.18. The molecular weight excluding hydrogens is 382 g/mol. The first-order chi connectivity index (χ1) is 12.8. The zero-order chi connectivity index (χ0) is 19.9. The molecule has 0 aliphatic rings. The number of benzene rings is 2. The van der Waals surface area contributed by atoms with Crippen LogP contribution in [0.1, 0.15) is 5.56 Å². The Balaban J connectivity index is 1.77. The van der Waals surface area contributed by atoms with E-state index < -0.39 is 51.6 Å². The zero-order valence-electron chi connectivity index (χ0n) is 13.9. The minimum Gasteiger partial charge on any atom is -0.455 e. The molecule has 0 aliphatic carbocycles. The first kappa shape index (κ1) is 20.5. The van der Waals surface area contributed by atoms with Crippen LogP contribution in [0.25, 0.3) is 0 Å². The van der Waals surface area contributed by atoms with Gasteiger partial charge in [0.05, 0.1) is 0 Å². The number of nitrogens with one attached hydrogen (secondary N) is 2. The van der Waals surface area contributed by atoms with E-state index in [9.17, 15) is 26.8 Å². The van der Waals surface area contributed by atoms with Crippen molar-refractivity contribution in [2.24, 2.45) is 0 Å². The summed E-state index contributed by atoms with van der Waals surface area (Å²) in [5.41, 5.74) is 0.259. The van der Waals surface area contributed by atoms with E-state index in [4.69, 9.17) is 0 Å². The van der Waals surface area contributed by atoms with E-state index in [1.54, 1.807) is 6.07 Å². The highest BCUT2D eigenvalue weighted by molar-refractivity contribution is 7.89. The number of ether oxygens (including phenoxy) is 1. The average molecular weight is 398 g/mol. The quantitative estimate of drug-likeness (QED) is 0.649. The number of hydrogen-bond donors (Lipinski definition) is 2. The van der Waals surface area contributed by atoms with Gasteiger partial charge in [0.15, 0.2) is 6.61 Å². The molecule has 0 fully saturated rings. The van der Waals surface area contributed by atoms with E-state index in [1.165, 1.54) is 30.3 Å². The van der Waals surface area contributed by atoms with E-state index >= 15 is 0 Å². The van der Waals surface area contributed by atoms with Crippen molar-refractivity contribution < 1.29 is 31.5 Å². The van der Waals surface area contributed by atoms with Crippen LogP contribution in [0.5, 0.6) is 0 Å². The molecule has 0 unspecified atom stereocenters. The fourth-order valence-electron chi connectivity index (χ4n) is 1.98. The van der Waals surface area contributed by atoms with Crippen LogP contribution in [0.3, 0.4) is 0 Å². The summed E-state index contributed by atoms with van der Waals surface area (Å²) in [5, 5.41) is 2.36. The maximum Gasteiger partial charge on any atom is 0.321 e. The predicted octanol–water partition coefficient (Wildman–Crippen LogP) is 1.10. The molecule has 0 aromatic heterocycles. The fraction of sp³-hybridized carbons (Fsp3) is 0.176. The van der Waals surface area contributed by atoms with Gasteiger partial charge in [-0.2, -0.15) is 4.72 Å². The first-order valence-corrected chi connectivity index (χ1v) is 9.18. The molecular formula is C17H16F2N2O5S. The van der Waals surface area contributed by atoms with Crippen molar-refractivity contribution in [2.75, 3.05) is 13.2 Å². The lowest BCUT2D eigenvalue weighted by molar-refractivity contribution is -0.147. The van der Waals surface area contributed by atoms with Gasteiger partial charge >= 0.3 is 5.97 Å². The SMILES string of the molecule is O=C(COC(=O)CNS(=O)(=O)c1ccccc1F)NCc1ccccc1F. The molecule has 1 amide bonds. The molecule has 0 saturated carbocycles. The lowest BCUT2D eigenvalue weighted by Gasteiger charge is -2.09. The summed E-state index contributed by atoms with van der Waals surface area (Å²) in [7, 11) is -4.24. The van der Waals surface area contributed by atoms with Crippen LogP contribution >= 0.6 is 0 Å². The number of esters is 1. The normalized spacial score (nSPS) is 11.0. The van der Waals surface area contributed by atoms with Gasteiger partial charge in [-0.3, -0.25) is 9.59 Å². The molecule has 2 N–H and O–H groups in total. The number of halogens is 2. The summed E-state index contributed by atoms with van der Waals surface area (Å²) in [4.78, 5) is 22.5. The largest absolute Gasteiger partial charge is 0.455 e. The van der Waals surface area contributed by atoms with Gasteiger partial charge in [-0.25, -0.2) is 17.2 Å². The standard InChI is InChI=1S/C17H16F2N2O5S/c18-13-6-2-1-5-12(13)9-20-16(22)11-26-17(23)10-21-27(24,25)15-8-4-3-7-14(15)19/h1-8,21H,9-11H2,(H,20,22). The van der Waals surface area contributed by atoms with Gasteiger partial charge in [0.1, 0.15) is 23.1 Å². The Morgan fingerprint density at radius 2 is 1.59 bits per heavy atom. The van der Waals surface area contributed by atoms with Crippen molar-refractivity contribution >= 4 is 21.9 Å². The summed E-state index contributed by atoms with van der Waals surface area (Å²) in [6.07, 6.45) is 0. The molecule has 7 nitrogen and oxygen atoms in total. The molecule has 144 valence electrons. The summed E-state index contributed by atoms with van der Waals surface area (Å²) < 4.78 is 57.2. The molecule has 0 atom stereocenters. The monoisotopic (exact) mass is 398 g/mol. The molecule has 0 radical (unpaired) electrons. The van der Waals surface area contributed by atoms with Crippen LogP contribution in [0.4, 0.5) is 8.78 Å². The van der Waals surface area contributed by atoms with Gasteiger partial charge in [-0.05, 0) is 18.2 Å². The Morgan fingerprint density at radius 3 is 2.26 bits per heavy atom. The number of amides is 1. The molecule has 0 spiro atoms. The number of carbonyl (C=O) groups is 2. The van der Waals surface area contributed by atoms with Crippen molar-refractivity contribution in [2.45, 2.75) is 11.4 Å². The highest BCUT2D eigenvalue weighted by Crippen LogP contribution is 2.12. The molecule has 27 heavy (non-hydrogen) atoms. The molecule has 2 rings (SSSR count). The van der Waals surface area contributed by atoms with E-state index in [2.05, 4.69) is 10.1 Å². The van der Waals surface area contributed by atoms with Gasteiger partial charge in [0, 0.05) is 12.1 Å². The van der Waals surface area contributed by atoms with Gasteiger partial charge in [-0.15, -0.1) is 0 Å². The third kappa shape index (κ3) is 6.12. The molecule has 0 saturated heterocycles. The second kappa shape index (κ2) is 9.19. The average Bonchev–Trinajstić information content (AvgIpc) is 2.64. The van der Waals surface area contributed by atoms with E-state index in [0.717, 1.165) is 12.1 Å². The molecule has 0 bridgehead atoms. The lowest BCUT2D eigenvalue weighted by atomic mass is 10.2. The Kier molecular flexibility index (Phi) is 6.97. The fourth-order valence-corrected chi connectivity index (χ4v) is 3.02. The molecule has 2 aromatic rings. The number of carbonyl (C=O) groups excluding carboxylic acids is 2. The second-order valence-electron chi connectivity index (χ2n) is 5.28. The minimum atomic E-state index is -4.24. The maximum atomic E-state index is 13.5. The lowest BCUT2D eigenvalue weighted by Crippen LogP contribution is -2.34. The Hall–Kier alpha value is -2.85. The molecule has 2 aromatic carbocycles. The summed E-state index contributed by atoms with van der Waals surface area (Å²) in [6, 6.07) is 10.5. The number of rotatable bonds is 8. The van der Waals surface area contributed by atoms with E-state index in [1.807, 2.05) is 4.72 Å². The summed E-state index contributed by atoms with van der Waals surface area (Å²) >= 11 is 0. The van der Waals surface area contributed by atoms with Crippen molar-refractivity contribution in [1.29, 1.82) is 0 Å². The van der Waals surface area contributed by atoms with Gasteiger partial charge in [-0.1, -0.05) is 30.3 Å². The third-order valence-corrected chi connectivity index (χ3v) is 4.77. The van der Waals surface area contributed by atoms with Crippen molar-refractivity contribution in [3.05, 3.63) is 65.7 Å². The van der Waals surface area contributed by atoms with Gasteiger partial charge < -0.3 is 10.1 Å². The van der Waals surface area contributed by atoms with Crippen molar-refractivity contribution in [1.82, 2.24) is 10.0 Å². The molecule has 10 heteroatoms. The molecule has 0 aliphatic heterocycles. The Bertz CT molecular complexity index is 934. The number of sulfonamides is 1. The minimum absolute atomic E-state index is 0.0943. The van der Waals surface area contributed by atoms with Crippen LogP contribution in [0.15, 0.2) is 53.4 Å². The Labute approximate surface area is 154 Å². The van der Waals surface area contributed by atoms with Crippen LogP contribution < -0.4 is 10.0 Å². The van der Waals surface area contributed by atoms with Gasteiger partial charge in [0.25, 0.3) is 5.91 Å². The topological polar surface area (TPSA) is 102 Å². The van der Waals surface area contributed by atoms with Crippen molar-refractivity contribution in [3.8, 4) is 0 Å². The molecule has 0 heterocycles. The first-order valence-electron chi connectivity index (χ1n) is 7.69. The highest BCUT2D eigenvalue weighted by atomic mass is 32.2. The van der Waals surface area contributed by atoms with Crippen LogP contribution in [-0.2, 0) is 30.9 Å². The van der Waals surface area contributed by atoms with Crippen LogP contribution in [0.2, 0.25) is 0 Å². The summed E-state index contributed by atoms with van der Waals surface area (Å²) in [6.45, 7) is -1.55. The van der Waals surface area contributed by atoms with E-state index in [-0.39, 0.29) is 12.1 Å². The maximum absolute atomic E-state index is 13.5. The van der Waals surface area contributed by atoms with Gasteiger partial charge in [0.2, 0.25) is 10.0 Å². The number of hydrogen-bond acceptors (Lipinski definition) is 5. The predicted molar refractivity (Wildman–Crippen MR) is 90.8 cm³/mol. The highest BCUT2D eigenvalue weighted by Gasteiger charge is 2.20. The van der Waals surface area contributed by atoms with Crippen molar-refractivity contribution in [3.63, 3.8) is 0 Å². The second-order valence-corrected chi connectivity index (χ2v) is 7.02. The van der Waals surface area contributed by atoms with Crippen LogP contribution in [-0.4, -0.2) is 33.4 Å². The third-order valence-electron chi connectivity index (χ3n) is 3.33. The van der Waals surface area contributed by atoms with Crippen LogP contribution in [0, 0.1) is 11.6 Å². The zero-order valence-corrected chi connectivity index (χ0v) is 14.8. The smallest absolute Gasteiger partial charge is 0.321 e. The Morgan fingerprint density at radius 1 is 0.963 bits per heavy atom.